The molecule has 1 fully saturated rings. The van der Waals surface area contributed by atoms with E-state index in [1.807, 2.05) is 49.9 Å². The number of pyridine rings is 1. The summed E-state index contributed by atoms with van der Waals surface area (Å²) < 4.78 is 50.4. The Bertz CT molecular complexity index is 1350. The molecule has 0 unspecified atom stereocenters. The molecule has 3 aromatic rings. The fraction of sp³-hybridized carbons (Fsp3) is 0.419. The second kappa shape index (κ2) is 12.6. The maximum atomic E-state index is 14.4. The van der Waals surface area contributed by atoms with Crippen LogP contribution < -0.4 is 19.1 Å². The lowest BCUT2D eigenvalue weighted by atomic mass is 9.99. The SMILES string of the molecule is COc1cc(-c2ncccc2CN(c2ccc(F)c(F)c2)C2CCN(C(=O)OC(C)(C)C)CC2)cc(OC)c1OC. The van der Waals surface area contributed by atoms with Gasteiger partial charge in [0, 0.05) is 49.2 Å². The molecule has 220 valence electrons. The first-order chi connectivity index (χ1) is 19.5. The lowest BCUT2D eigenvalue weighted by molar-refractivity contribution is 0.0204. The number of hydrogen-bond acceptors (Lipinski definition) is 7. The van der Waals surface area contributed by atoms with Crippen molar-refractivity contribution < 1.29 is 32.5 Å². The van der Waals surface area contributed by atoms with Crippen molar-refractivity contribution in [3.05, 3.63) is 65.9 Å². The molecule has 41 heavy (non-hydrogen) atoms. The van der Waals surface area contributed by atoms with E-state index in [-0.39, 0.29) is 12.1 Å². The monoisotopic (exact) mass is 569 g/mol. The van der Waals surface area contributed by atoms with Crippen LogP contribution in [0.15, 0.2) is 48.7 Å². The summed E-state index contributed by atoms with van der Waals surface area (Å²) in [6.45, 7) is 6.83. The average molecular weight is 570 g/mol. The van der Waals surface area contributed by atoms with Crippen LogP contribution in [-0.2, 0) is 11.3 Å². The Morgan fingerprint density at radius 1 is 0.976 bits per heavy atom. The van der Waals surface area contributed by atoms with Crippen molar-refractivity contribution in [3.63, 3.8) is 0 Å². The molecule has 2 aromatic carbocycles. The van der Waals surface area contributed by atoms with Gasteiger partial charge in [-0.25, -0.2) is 13.6 Å². The third kappa shape index (κ3) is 6.99. The average Bonchev–Trinajstić information content (AvgIpc) is 2.96. The minimum Gasteiger partial charge on any atom is -0.493 e. The largest absolute Gasteiger partial charge is 0.493 e. The zero-order valence-electron chi connectivity index (χ0n) is 24.4. The number of likely N-dealkylation sites (tertiary alicyclic amines) is 1. The highest BCUT2D eigenvalue weighted by Crippen LogP contribution is 2.42. The van der Waals surface area contributed by atoms with E-state index in [2.05, 4.69) is 4.98 Å². The van der Waals surface area contributed by atoms with Crippen LogP contribution in [0.5, 0.6) is 17.2 Å². The summed E-state index contributed by atoms with van der Waals surface area (Å²) >= 11 is 0. The standard InChI is InChI=1S/C31H37F2N3O5/c1-31(2,3)41-30(37)35-14-11-22(12-15-35)36(23-9-10-24(32)25(33)18-23)19-20-8-7-13-34-28(20)21-16-26(38-4)29(40-6)27(17-21)39-5/h7-10,13,16-18,22H,11-12,14-15,19H2,1-6H3. The van der Waals surface area contributed by atoms with Gasteiger partial charge in [-0.15, -0.1) is 0 Å². The summed E-state index contributed by atoms with van der Waals surface area (Å²) in [6.07, 6.45) is 2.59. The first-order valence-corrected chi connectivity index (χ1v) is 13.5. The normalized spacial score (nSPS) is 14.0. The van der Waals surface area contributed by atoms with E-state index in [4.69, 9.17) is 18.9 Å². The van der Waals surface area contributed by atoms with Gasteiger partial charge in [-0.05, 0) is 69.5 Å². The number of carbonyl (C=O) groups is 1. The molecule has 2 heterocycles. The summed E-state index contributed by atoms with van der Waals surface area (Å²) in [6, 6.07) is 11.3. The summed E-state index contributed by atoms with van der Waals surface area (Å²) in [7, 11) is 4.64. The zero-order chi connectivity index (χ0) is 29.7. The summed E-state index contributed by atoms with van der Waals surface area (Å²) in [4.78, 5) is 21.1. The number of benzene rings is 2. The van der Waals surface area contributed by atoms with Crippen molar-refractivity contribution in [1.82, 2.24) is 9.88 Å². The molecular formula is C31H37F2N3O5. The van der Waals surface area contributed by atoms with Crippen molar-refractivity contribution in [2.45, 2.75) is 51.8 Å². The molecule has 0 atom stereocenters. The van der Waals surface area contributed by atoms with E-state index in [0.717, 1.165) is 17.2 Å². The predicted molar refractivity (Wildman–Crippen MR) is 153 cm³/mol. The molecule has 8 nitrogen and oxygen atoms in total. The van der Waals surface area contributed by atoms with E-state index in [0.29, 0.717) is 61.1 Å². The maximum Gasteiger partial charge on any atom is 0.410 e. The van der Waals surface area contributed by atoms with Gasteiger partial charge >= 0.3 is 6.09 Å². The van der Waals surface area contributed by atoms with Crippen LogP contribution >= 0.6 is 0 Å². The van der Waals surface area contributed by atoms with Crippen LogP contribution in [0, 0.1) is 11.6 Å². The van der Waals surface area contributed by atoms with Crippen molar-refractivity contribution in [2.75, 3.05) is 39.3 Å². The first-order valence-electron chi connectivity index (χ1n) is 13.5. The first kappa shape index (κ1) is 29.9. The van der Waals surface area contributed by atoms with Crippen LogP contribution in [0.25, 0.3) is 11.3 Å². The van der Waals surface area contributed by atoms with Crippen molar-refractivity contribution >= 4 is 11.8 Å². The number of methoxy groups -OCH3 is 3. The van der Waals surface area contributed by atoms with Gasteiger partial charge in [0.15, 0.2) is 23.1 Å². The van der Waals surface area contributed by atoms with Gasteiger partial charge in [-0.2, -0.15) is 0 Å². The van der Waals surface area contributed by atoms with Crippen LogP contribution in [0.4, 0.5) is 19.3 Å². The number of anilines is 1. The molecule has 1 aliphatic rings. The number of amides is 1. The number of hydrogen-bond donors (Lipinski definition) is 0. The number of rotatable bonds is 8. The second-order valence-electron chi connectivity index (χ2n) is 10.9. The van der Waals surface area contributed by atoms with Crippen LogP contribution in [0.2, 0.25) is 0 Å². The molecule has 0 spiro atoms. The van der Waals surface area contributed by atoms with Crippen LogP contribution in [0.1, 0.15) is 39.2 Å². The molecule has 1 amide bonds. The van der Waals surface area contributed by atoms with Crippen molar-refractivity contribution in [3.8, 4) is 28.5 Å². The van der Waals surface area contributed by atoms with Gasteiger partial charge in [0.2, 0.25) is 5.75 Å². The van der Waals surface area contributed by atoms with E-state index >= 15 is 0 Å². The number of carbonyl (C=O) groups excluding carboxylic acids is 1. The number of piperidine rings is 1. The molecule has 0 saturated carbocycles. The fourth-order valence-corrected chi connectivity index (χ4v) is 5.01. The Hall–Kier alpha value is -4.08. The molecule has 1 aromatic heterocycles. The molecule has 1 saturated heterocycles. The Labute approximate surface area is 239 Å². The van der Waals surface area contributed by atoms with Gasteiger partial charge in [-0.1, -0.05) is 6.07 Å². The molecule has 0 N–H and O–H groups in total. The number of nitrogens with zero attached hydrogens (tertiary/aromatic N) is 3. The quantitative estimate of drug-likeness (QED) is 0.308. The van der Waals surface area contributed by atoms with E-state index in [1.54, 1.807) is 38.5 Å². The van der Waals surface area contributed by atoms with Gasteiger partial charge in [0.25, 0.3) is 0 Å². The third-order valence-corrected chi connectivity index (χ3v) is 6.96. The van der Waals surface area contributed by atoms with Gasteiger partial charge in [0.1, 0.15) is 5.60 Å². The highest BCUT2D eigenvalue weighted by Gasteiger charge is 2.31. The maximum absolute atomic E-state index is 14.4. The second-order valence-corrected chi connectivity index (χ2v) is 10.9. The predicted octanol–water partition coefficient (Wildman–Crippen LogP) is 6.46. The topological polar surface area (TPSA) is 73.4 Å². The van der Waals surface area contributed by atoms with Crippen LogP contribution in [0.3, 0.4) is 0 Å². The van der Waals surface area contributed by atoms with E-state index < -0.39 is 17.2 Å². The molecular weight excluding hydrogens is 532 g/mol. The zero-order valence-corrected chi connectivity index (χ0v) is 24.4. The summed E-state index contributed by atoms with van der Waals surface area (Å²) in [5, 5.41) is 0. The molecule has 0 aliphatic carbocycles. The Balaban J connectivity index is 1.68. The number of ether oxygens (including phenoxy) is 4. The minimum absolute atomic E-state index is 0.0495. The van der Waals surface area contributed by atoms with Gasteiger partial charge in [0.05, 0.1) is 27.0 Å². The Morgan fingerprint density at radius 3 is 2.20 bits per heavy atom. The summed E-state index contributed by atoms with van der Waals surface area (Å²) in [5.74, 6) is -0.380. The minimum atomic E-state index is -0.922. The van der Waals surface area contributed by atoms with Crippen molar-refractivity contribution in [2.24, 2.45) is 0 Å². The van der Waals surface area contributed by atoms with Gasteiger partial charge < -0.3 is 28.7 Å². The molecule has 10 heteroatoms. The number of aromatic nitrogens is 1. The molecule has 0 radical (unpaired) electrons. The molecule has 1 aliphatic heterocycles. The third-order valence-electron chi connectivity index (χ3n) is 6.96. The van der Waals surface area contributed by atoms with Crippen LogP contribution in [-0.4, -0.2) is 62.0 Å². The summed E-state index contributed by atoms with van der Waals surface area (Å²) in [5.41, 5.74) is 2.25. The Kier molecular flexibility index (Phi) is 9.20. The Morgan fingerprint density at radius 2 is 1.63 bits per heavy atom. The number of halogens is 2. The molecule has 4 rings (SSSR count). The smallest absolute Gasteiger partial charge is 0.410 e. The highest BCUT2D eigenvalue weighted by molar-refractivity contribution is 5.71. The van der Waals surface area contributed by atoms with E-state index in [1.165, 1.54) is 6.07 Å². The lowest BCUT2D eigenvalue weighted by Crippen LogP contribution is -2.48. The van der Waals surface area contributed by atoms with Gasteiger partial charge in [-0.3, -0.25) is 4.98 Å². The highest BCUT2D eigenvalue weighted by atomic mass is 19.2. The van der Waals surface area contributed by atoms with E-state index in [9.17, 15) is 13.6 Å². The lowest BCUT2D eigenvalue weighted by Gasteiger charge is -2.40. The fourth-order valence-electron chi connectivity index (χ4n) is 5.01. The van der Waals surface area contributed by atoms with Crippen molar-refractivity contribution in [1.29, 1.82) is 0 Å². The molecule has 0 bridgehead atoms.